The molecule has 0 spiro atoms. The predicted molar refractivity (Wildman–Crippen MR) is 118 cm³/mol. The SMILES string of the molecule is CCOP(=O)(OCC)c1ccccc1OC(=O)c1ccc(S(=O)(=O)N(CC)CC)cc1. The molecule has 31 heavy (non-hydrogen) atoms. The summed E-state index contributed by atoms with van der Waals surface area (Å²) in [5.41, 5.74) is 0.149. The first-order valence-electron chi connectivity index (χ1n) is 10.0. The summed E-state index contributed by atoms with van der Waals surface area (Å²) in [5.74, 6) is -0.670. The highest BCUT2D eigenvalue weighted by molar-refractivity contribution is 7.89. The van der Waals surface area contributed by atoms with Crippen LogP contribution in [0.2, 0.25) is 0 Å². The summed E-state index contributed by atoms with van der Waals surface area (Å²) in [6.45, 7) is 7.89. The number of sulfonamides is 1. The van der Waals surface area contributed by atoms with Gasteiger partial charge in [0.2, 0.25) is 10.0 Å². The first kappa shape index (κ1) is 25.2. The number of esters is 1. The molecule has 0 fully saturated rings. The van der Waals surface area contributed by atoms with E-state index < -0.39 is 23.6 Å². The third-order valence-electron chi connectivity index (χ3n) is 4.39. The van der Waals surface area contributed by atoms with Gasteiger partial charge in [-0.25, -0.2) is 13.2 Å². The Labute approximate surface area is 183 Å². The summed E-state index contributed by atoms with van der Waals surface area (Å²) in [6.07, 6.45) is 0. The highest BCUT2D eigenvalue weighted by atomic mass is 32.2. The fourth-order valence-corrected chi connectivity index (χ4v) is 6.07. The van der Waals surface area contributed by atoms with Crippen molar-refractivity contribution in [2.45, 2.75) is 32.6 Å². The first-order chi connectivity index (χ1) is 14.7. The number of carbonyl (C=O) groups is 1. The van der Waals surface area contributed by atoms with Crippen LogP contribution >= 0.6 is 7.60 Å². The number of hydrogen-bond donors (Lipinski definition) is 0. The van der Waals surface area contributed by atoms with Crippen LogP contribution in [0, 0.1) is 0 Å². The molecular weight excluding hydrogens is 441 g/mol. The lowest BCUT2D eigenvalue weighted by molar-refractivity contribution is 0.0736. The van der Waals surface area contributed by atoms with Crippen molar-refractivity contribution >= 4 is 28.9 Å². The van der Waals surface area contributed by atoms with Crippen molar-refractivity contribution in [2.75, 3.05) is 26.3 Å². The van der Waals surface area contributed by atoms with E-state index in [1.54, 1.807) is 39.8 Å². The Morgan fingerprint density at radius 3 is 1.97 bits per heavy atom. The molecule has 0 aliphatic heterocycles. The molecule has 0 aromatic heterocycles. The lowest BCUT2D eigenvalue weighted by Crippen LogP contribution is -2.30. The summed E-state index contributed by atoms with van der Waals surface area (Å²) in [5, 5.41) is 0.146. The van der Waals surface area contributed by atoms with E-state index in [1.807, 2.05) is 0 Å². The molecule has 0 heterocycles. The van der Waals surface area contributed by atoms with E-state index in [-0.39, 0.29) is 34.7 Å². The van der Waals surface area contributed by atoms with Crippen molar-refractivity contribution in [3.63, 3.8) is 0 Å². The normalized spacial score (nSPS) is 12.2. The van der Waals surface area contributed by atoms with E-state index in [0.717, 1.165) is 0 Å². The van der Waals surface area contributed by atoms with E-state index >= 15 is 0 Å². The van der Waals surface area contributed by atoms with Gasteiger partial charge in [0.15, 0.2) is 0 Å². The first-order valence-corrected chi connectivity index (χ1v) is 13.0. The lowest BCUT2D eigenvalue weighted by atomic mass is 10.2. The molecule has 0 saturated carbocycles. The van der Waals surface area contributed by atoms with Gasteiger partial charge < -0.3 is 13.8 Å². The van der Waals surface area contributed by atoms with Crippen LogP contribution in [0.25, 0.3) is 0 Å². The Hall–Kier alpha value is -2.03. The van der Waals surface area contributed by atoms with Crippen molar-refractivity contribution < 1.29 is 31.6 Å². The third kappa shape index (κ3) is 5.81. The minimum Gasteiger partial charge on any atom is -0.422 e. The minimum absolute atomic E-state index is 0.0533. The monoisotopic (exact) mass is 469 g/mol. The van der Waals surface area contributed by atoms with Gasteiger partial charge in [0.25, 0.3) is 0 Å². The van der Waals surface area contributed by atoms with Gasteiger partial charge in [-0.3, -0.25) is 4.57 Å². The molecule has 0 radical (unpaired) electrons. The second-order valence-corrected chi connectivity index (χ2v) is 10.2. The molecule has 0 aliphatic rings. The Bertz CT molecular complexity index is 1020. The average Bonchev–Trinajstić information content (AvgIpc) is 2.75. The maximum Gasteiger partial charge on any atom is 0.365 e. The molecule has 0 aliphatic carbocycles. The Morgan fingerprint density at radius 1 is 0.903 bits per heavy atom. The molecule has 2 aromatic carbocycles. The largest absolute Gasteiger partial charge is 0.422 e. The molecular formula is C21H28NO7PS. The lowest BCUT2D eigenvalue weighted by Gasteiger charge is -2.19. The van der Waals surface area contributed by atoms with Crippen molar-refractivity contribution in [3.8, 4) is 5.75 Å². The molecule has 0 saturated heterocycles. The summed E-state index contributed by atoms with van der Waals surface area (Å²) < 4.78 is 55.8. The van der Waals surface area contributed by atoms with E-state index in [0.29, 0.717) is 13.1 Å². The highest BCUT2D eigenvalue weighted by Crippen LogP contribution is 2.49. The van der Waals surface area contributed by atoms with Crippen LogP contribution in [-0.4, -0.2) is 45.0 Å². The maximum absolute atomic E-state index is 13.1. The third-order valence-corrected chi connectivity index (χ3v) is 8.61. The molecule has 0 N–H and O–H groups in total. The number of carbonyl (C=O) groups excluding carboxylic acids is 1. The highest BCUT2D eigenvalue weighted by Gasteiger charge is 2.31. The number of para-hydroxylation sites is 1. The van der Waals surface area contributed by atoms with Gasteiger partial charge in [0.05, 0.1) is 23.7 Å². The van der Waals surface area contributed by atoms with Crippen molar-refractivity contribution in [1.82, 2.24) is 4.31 Å². The molecule has 0 unspecified atom stereocenters. The summed E-state index contributed by atoms with van der Waals surface area (Å²) in [4.78, 5) is 12.8. The average molecular weight is 469 g/mol. The van der Waals surface area contributed by atoms with Crippen molar-refractivity contribution in [2.24, 2.45) is 0 Å². The molecule has 8 nitrogen and oxygen atoms in total. The minimum atomic E-state index is -3.67. The van der Waals surface area contributed by atoms with Crippen LogP contribution in [0.5, 0.6) is 5.75 Å². The number of ether oxygens (including phenoxy) is 1. The van der Waals surface area contributed by atoms with Gasteiger partial charge in [-0.1, -0.05) is 26.0 Å². The Morgan fingerprint density at radius 2 is 1.45 bits per heavy atom. The predicted octanol–water partition coefficient (Wildman–Crippen LogP) is 3.83. The maximum atomic E-state index is 13.1. The second kappa shape index (κ2) is 11.0. The van der Waals surface area contributed by atoms with Crippen molar-refractivity contribution in [1.29, 1.82) is 0 Å². The quantitative estimate of drug-likeness (QED) is 0.280. The molecule has 170 valence electrons. The number of benzene rings is 2. The smallest absolute Gasteiger partial charge is 0.365 e. The van der Waals surface area contributed by atoms with Crippen LogP contribution in [0.4, 0.5) is 0 Å². The number of rotatable bonds is 11. The molecule has 0 amide bonds. The Kier molecular flexibility index (Phi) is 8.97. The standard InChI is InChI=1S/C21H28NO7PS/c1-5-22(6-2)31(25,26)18-15-13-17(14-16-18)21(23)29-19-11-9-10-12-20(19)30(24,27-7-3)28-8-4/h9-16H,5-8H2,1-4H3. The fourth-order valence-electron chi connectivity index (χ4n) is 2.92. The zero-order chi connectivity index (χ0) is 23.1. The van der Waals surface area contributed by atoms with Crippen LogP contribution in [-0.2, 0) is 23.6 Å². The van der Waals surface area contributed by atoms with E-state index in [1.165, 1.54) is 40.7 Å². The molecule has 0 atom stereocenters. The fraction of sp³-hybridized carbons (Fsp3) is 0.381. The van der Waals surface area contributed by atoms with Gasteiger partial charge in [-0.2, -0.15) is 4.31 Å². The van der Waals surface area contributed by atoms with Crippen LogP contribution in [0.3, 0.4) is 0 Å². The topological polar surface area (TPSA) is 99.2 Å². The molecule has 0 bridgehead atoms. The molecule has 2 aromatic rings. The Balaban J connectivity index is 2.30. The van der Waals surface area contributed by atoms with Crippen LogP contribution in [0.1, 0.15) is 38.1 Å². The summed E-state index contributed by atoms with van der Waals surface area (Å²) in [6, 6.07) is 11.8. The summed E-state index contributed by atoms with van der Waals surface area (Å²) in [7, 11) is -7.30. The van der Waals surface area contributed by atoms with Crippen molar-refractivity contribution in [3.05, 3.63) is 54.1 Å². The van der Waals surface area contributed by atoms with Gasteiger partial charge in [0.1, 0.15) is 11.1 Å². The number of nitrogens with zero attached hydrogens (tertiary/aromatic N) is 1. The zero-order valence-electron chi connectivity index (χ0n) is 18.1. The van der Waals surface area contributed by atoms with Crippen LogP contribution < -0.4 is 10.0 Å². The van der Waals surface area contributed by atoms with Gasteiger partial charge >= 0.3 is 13.6 Å². The number of hydrogen-bond acceptors (Lipinski definition) is 7. The van der Waals surface area contributed by atoms with Crippen LogP contribution in [0.15, 0.2) is 53.4 Å². The summed E-state index contributed by atoms with van der Waals surface area (Å²) >= 11 is 0. The van der Waals surface area contributed by atoms with Gasteiger partial charge in [-0.05, 0) is 50.2 Å². The van der Waals surface area contributed by atoms with E-state index in [4.69, 9.17) is 13.8 Å². The van der Waals surface area contributed by atoms with Gasteiger partial charge in [0, 0.05) is 13.1 Å². The van der Waals surface area contributed by atoms with E-state index in [9.17, 15) is 17.8 Å². The van der Waals surface area contributed by atoms with Gasteiger partial charge in [-0.15, -0.1) is 0 Å². The zero-order valence-corrected chi connectivity index (χ0v) is 19.8. The molecule has 2 rings (SSSR count). The molecule has 10 heteroatoms. The van der Waals surface area contributed by atoms with E-state index in [2.05, 4.69) is 0 Å². The second-order valence-electron chi connectivity index (χ2n) is 6.30.